The van der Waals surface area contributed by atoms with Gasteiger partial charge in [-0.1, -0.05) is 0 Å². The van der Waals surface area contributed by atoms with Gasteiger partial charge in [-0.3, -0.25) is 4.79 Å². The van der Waals surface area contributed by atoms with E-state index in [0.29, 0.717) is 17.7 Å². The molecule has 0 radical (unpaired) electrons. The van der Waals surface area contributed by atoms with Gasteiger partial charge < -0.3 is 20.1 Å². The summed E-state index contributed by atoms with van der Waals surface area (Å²) < 4.78 is 41.2. The van der Waals surface area contributed by atoms with E-state index in [9.17, 15) is 13.2 Å². The minimum atomic E-state index is -4.14. The largest absolute Gasteiger partial charge is 0.493 e. The van der Waals surface area contributed by atoms with Crippen molar-refractivity contribution < 1.29 is 26.9 Å². The number of fused-ring (bicyclic) bond motifs is 1. The molecule has 0 saturated heterocycles. The van der Waals surface area contributed by atoms with Crippen LogP contribution >= 0.6 is 0 Å². The molecular formula is C19H30N2O6S. The van der Waals surface area contributed by atoms with E-state index in [1.807, 2.05) is 27.8 Å². The molecule has 1 aliphatic heterocycles. The van der Waals surface area contributed by atoms with Crippen LogP contribution in [0.3, 0.4) is 0 Å². The van der Waals surface area contributed by atoms with Crippen LogP contribution in [0.5, 0.6) is 11.5 Å². The lowest BCUT2D eigenvalue weighted by molar-refractivity contribution is -0.136. The monoisotopic (exact) mass is 414 g/mol. The van der Waals surface area contributed by atoms with Gasteiger partial charge >= 0.3 is 0 Å². The van der Waals surface area contributed by atoms with E-state index >= 15 is 0 Å². The second kappa shape index (κ2) is 7.88. The number of benzene rings is 1. The lowest BCUT2D eigenvalue weighted by atomic mass is 9.93. The first-order valence-corrected chi connectivity index (χ1v) is 10.5. The standard InChI is InChI=1S/C19H30N2O6S/c1-12(10-18(2,3)20-5)21-17(22)19(4)11-13-8-14(25-6)15(26-7)9-16(13)28(23,24)27-19/h8-9,12,20H,10-11H2,1-7H3,(H,21,22). The molecular weight excluding hydrogens is 384 g/mol. The van der Waals surface area contributed by atoms with Gasteiger partial charge in [-0.05, 0) is 52.8 Å². The van der Waals surface area contributed by atoms with Crippen LogP contribution in [0, 0.1) is 0 Å². The molecule has 1 aliphatic rings. The second-order valence-electron chi connectivity index (χ2n) is 7.97. The molecule has 1 heterocycles. The topological polar surface area (TPSA) is 103 Å². The zero-order valence-corrected chi connectivity index (χ0v) is 18.3. The highest BCUT2D eigenvalue weighted by Gasteiger charge is 2.46. The molecule has 0 saturated carbocycles. The van der Waals surface area contributed by atoms with E-state index in [0.717, 1.165) is 0 Å². The highest BCUT2D eigenvalue weighted by Crippen LogP contribution is 2.40. The first kappa shape index (κ1) is 22.4. The predicted octanol–water partition coefficient (Wildman–Crippen LogP) is 1.62. The third kappa shape index (κ3) is 4.59. The third-order valence-corrected chi connectivity index (χ3v) is 6.51. The molecule has 28 heavy (non-hydrogen) atoms. The number of hydrogen-bond donors (Lipinski definition) is 2. The molecule has 0 aromatic heterocycles. The maximum absolute atomic E-state index is 12.9. The zero-order valence-electron chi connectivity index (χ0n) is 17.5. The van der Waals surface area contributed by atoms with Crippen molar-refractivity contribution in [2.75, 3.05) is 21.3 Å². The molecule has 0 fully saturated rings. The quantitative estimate of drug-likeness (QED) is 0.654. The fourth-order valence-electron chi connectivity index (χ4n) is 3.37. The summed E-state index contributed by atoms with van der Waals surface area (Å²) >= 11 is 0. The van der Waals surface area contributed by atoms with Crippen molar-refractivity contribution in [3.05, 3.63) is 17.7 Å². The first-order valence-electron chi connectivity index (χ1n) is 9.08. The van der Waals surface area contributed by atoms with Crippen LogP contribution in [0.4, 0.5) is 0 Å². The van der Waals surface area contributed by atoms with Gasteiger partial charge in [0.05, 0.1) is 14.2 Å². The van der Waals surface area contributed by atoms with Crippen molar-refractivity contribution in [3.63, 3.8) is 0 Å². The Morgan fingerprint density at radius 3 is 2.39 bits per heavy atom. The number of amides is 1. The number of rotatable bonds is 7. The average Bonchev–Trinajstić information content (AvgIpc) is 2.59. The third-order valence-electron chi connectivity index (χ3n) is 5.01. The normalized spacial score (nSPS) is 22.1. The molecule has 1 amide bonds. The number of ether oxygens (including phenoxy) is 2. The van der Waals surface area contributed by atoms with Crippen LogP contribution in [-0.4, -0.2) is 52.8 Å². The molecule has 0 aliphatic carbocycles. The first-order chi connectivity index (χ1) is 12.9. The van der Waals surface area contributed by atoms with Crippen molar-refractivity contribution >= 4 is 16.0 Å². The fraction of sp³-hybridized carbons (Fsp3) is 0.632. The Labute approximate surface area is 167 Å². The lowest BCUT2D eigenvalue weighted by Crippen LogP contribution is -2.54. The summed E-state index contributed by atoms with van der Waals surface area (Å²) in [7, 11) is 0.606. The van der Waals surface area contributed by atoms with Gasteiger partial charge in [-0.15, -0.1) is 0 Å². The summed E-state index contributed by atoms with van der Waals surface area (Å²) in [5.41, 5.74) is -1.28. The molecule has 1 aromatic carbocycles. The van der Waals surface area contributed by atoms with Crippen molar-refractivity contribution in [3.8, 4) is 11.5 Å². The maximum atomic E-state index is 12.9. The van der Waals surface area contributed by atoms with Crippen LogP contribution in [0.2, 0.25) is 0 Å². The average molecular weight is 415 g/mol. The summed E-state index contributed by atoms with van der Waals surface area (Å²) in [5.74, 6) is 0.200. The zero-order chi connectivity index (χ0) is 21.3. The Morgan fingerprint density at radius 2 is 1.86 bits per heavy atom. The van der Waals surface area contributed by atoms with E-state index in [1.54, 1.807) is 6.07 Å². The summed E-state index contributed by atoms with van der Waals surface area (Å²) in [6.07, 6.45) is 0.759. The number of nitrogens with one attached hydrogen (secondary N) is 2. The molecule has 0 bridgehead atoms. The van der Waals surface area contributed by atoms with Gasteiger partial charge in [0.25, 0.3) is 16.0 Å². The van der Waals surface area contributed by atoms with E-state index in [4.69, 9.17) is 13.7 Å². The van der Waals surface area contributed by atoms with Crippen molar-refractivity contribution in [2.24, 2.45) is 0 Å². The molecule has 1 aromatic rings. The van der Waals surface area contributed by atoms with Crippen LogP contribution in [0.1, 0.15) is 39.7 Å². The summed E-state index contributed by atoms with van der Waals surface area (Å²) in [6.45, 7) is 7.40. The summed E-state index contributed by atoms with van der Waals surface area (Å²) in [4.78, 5) is 12.9. The molecule has 158 valence electrons. The molecule has 2 atom stereocenters. The highest BCUT2D eigenvalue weighted by atomic mass is 32.2. The van der Waals surface area contributed by atoms with Crippen LogP contribution in [0.25, 0.3) is 0 Å². The van der Waals surface area contributed by atoms with E-state index in [2.05, 4.69) is 10.6 Å². The Hall–Kier alpha value is -1.84. The van der Waals surface area contributed by atoms with Crippen LogP contribution in [-0.2, 0) is 25.5 Å². The number of hydrogen-bond acceptors (Lipinski definition) is 7. The number of carbonyl (C=O) groups is 1. The molecule has 0 spiro atoms. The molecule has 2 unspecified atom stereocenters. The minimum absolute atomic E-state index is 0.0141. The van der Waals surface area contributed by atoms with E-state index in [1.165, 1.54) is 27.2 Å². The fourth-order valence-corrected chi connectivity index (χ4v) is 4.78. The molecule has 2 N–H and O–H groups in total. The smallest absolute Gasteiger partial charge is 0.298 e. The Morgan fingerprint density at radius 1 is 1.29 bits per heavy atom. The predicted molar refractivity (Wildman–Crippen MR) is 105 cm³/mol. The molecule has 8 nitrogen and oxygen atoms in total. The van der Waals surface area contributed by atoms with Crippen molar-refractivity contribution in [1.29, 1.82) is 0 Å². The SMILES string of the molecule is CNC(C)(C)CC(C)NC(=O)C1(C)Cc2cc(OC)c(OC)cc2S(=O)(=O)O1. The van der Waals surface area contributed by atoms with Crippen molar-refractivity contribution in [1.82, 2.24) is 10.6 Å². The Bertz CT molecular complexity index is 852. The minimum Gasteiger partial charge on any atom is -0.493 e. The van der Waals surface area contributed by atoms with Crippen LogP contribution < -0.4 is 20.1 Å². The molecule has 2 rings (SSSR count). The Kier molecular flexibility index (Phi) is 6.32. The van der Waals surface area contributed by atoms with Gasteiger partial charge in [0.1, 0.15) is 4.90 Å². The summed E-state index contributed by atoms with van der Waals surface area (Å²) in [5, 5.41) is 6.06. The van der Waals surface area contributed by atoms with Gasteiger partial charge in [0.2, 0.25) is 0 Å². The molecule has 9 heteroatoms. The lowest BCUT2D eigenvalue weighted by Gasteiger charge is -2.35. The highest BCUT2D eigenvalue weighted by molar-refractivity contribution is 7.87. The Balaban J connectivity index is 2.32. The number of methoxy groups -OCH3 is 2. The van der Waals surface area contributed by atoms with Crippen molar-refractivity contribution in [2.45, 2.75) is 62.6 Å². The van der Waals surface area contributed by atoms with Gasteiger partial charge in [-0.25, -0.2) is 4.18 Å². The van der Waals surface area contributed by atoms with Gasteiger partial charge in [0.15, 0.2) is 17.1 Å². The van der Waals surface area contributed by atoms with E-state index in [-0.39, 0.29) is 28.6 Å². The van der Waals surface area contributed by atoms with E-state index < -0.39 is 21.6 Å². The maximum Gasteiger partial charge on any atom is 0.298 e. The second-order valence-corrected chi connectivity index (χ2v) is 9.49. The van der Waals surface area contributed by atoms with Gasteiger partial charge in [0, 0.05) is 24.1 Å². The van der Waals surface area contributed by atoms with Gasteiger partial charge in [-0.2, -0.15) is 8.42 Å². The summed E-state index contributed by atoms with van der Waals surface area (Å²) in [6, 6.07) is 2.76. The van der Waals surface area contributed by atoms with Crippen LogP contribution in [0.15, 0.2) is 17.0 Å². The number of carbonyl (C=O) groups excluding carboxylic acids is 1.